The Morgan fingerprint density at radius 3 is 2.93 bits per heavy atom. The lowest BCUT2D eigenvalue weighted by Crippen LogP contribution is -2.42. The Balaban J connectivity index is 2.36. The summed E-state index contributed by atoms with van der Waals surface area (Å²) in [7, 11) is 0. The molecule has 0 fully saturated rings. The fraction of sp³-hybridized carbons (Fsp3) is 0.417. The summed E-state index contributed by atoms with van der Waals surface area (Å²) in [6, 6.07) is 9.82. The van der Waals surface area contributed by atoms with Crippen LogP contribution in [0.5, 0.6) is 5.75 Å². The van der Waals surface area contributed by atoms with Crippen molar-refractivity contribution in [1.29, 1.82) is 5.26 Å². The van der Waals surface area contributed by atoms with Crippen molar-refractivity contribution < 1.29 is 9.84 Å². The SMILES string of the molecule is CC(O)C1(C#N)COc2ccccc2C1. The standard InChI is InChI=1S/C12H13NO2/c1-9(14)12(7-13)6-10-4-2-3-5-11(10)15-8-12/h2-5,9,14H,6,8H2,1H3. The van der Waals surface area contributed by atoms with Crippen LogP contribution in [0, 0.1) is 16.7 Å². The topological polar surface area (TPSA) is 53.2 Å². The van der Waals surface area contributed by atoms with Gasteiger partial charge >= 0.3 is 0 Å². The summed E-state index contributed by atoms with van der Waals surface area (Å²) in [6.45, 7) is 1.90. The first-order valence-electron chi connectivity index (χ1n) is 4.98. The molecule has 0 saturated carbocycles. The Hall–Kier alpha value is -1.53. The molecule has 78 valence electrons. The van der Waals surface area contributed by atoms with E-state index < -0.39 is 11.5 Å². The molecule has 1 aromatic carbocycles. The molecule has 3 nitrogen and oxygen atoms in total. The van der Waals surface area contributed by atoms with Gasteiger partial charge in [0.05, 0.1) is 12.2 Å². The summed E-state index contributed by atoms with van der Waals surface area (Å²) in [5.74, 6) is 0.823. The number of benzene rings is 1. The van der Waals surface area contributed by atoms with E-state index in [4.69, 9.17) is 10.00 Å². The maximum Gasteiger partial charge on any atom is 0.122 e. The first kappa shape index (κ1) is 10.0. The zero-order valence-corrected chi connectivity index (χ0v) is 8.60. The second-order valence-corrected chi connectivity index (χ2v) is 4.02. The summed E-state index contributed by atoms with van der Waals surface area (Å²) in [4.78, 5) is 0. The molecule has 1 heterocycles. The Morgan fingerprint density at radius 2 is 2.27 bits per heavy atom. The van der Waals surface area contributed by atoms with Gasteiger partial charge in [-0.05, 0) is 18.6 Å². The van der Waals surface area contributed by atoms with Crippen LogP contribution < -0.4 is 4.74 Å². The lowest BCUT2D eigenvalue weighted by Gasteiger charge is -2.34. The molecule has 2 unspecified atom stereocenters. The van der Waals surface area contributed by atoms with Crippen LogP contribution in [0.4, 0.5) is 0 Å². The minimum Gasteiger partial charge on any atom is -0.492 e. The molecule has 2 rings (SSSR count). The number of aliphatic hydroxyl groups excluding tert-OH is 1. The maximum atomic E-state index is 9.65. The molecule has 0 saturated heterocycles. The number of para-hydroxylation sites is 1. The molecule has 2 atom stereocenters. The van der Waals surface area contributed by atoms with E-state index in [1.165, 1.54) is 0 Å². The highest BCUT2D eigenvalue weighted by Gasteiger charge is 2.40. The number of ether oxygens (including phenoxy) is 1. The first-order chi connectivity index (χ1) is 7.18. The minimum absolute atomic E-state index is 0.262. The molecule has 0 spiro atoms. The minimum atomic E-state index is -0.797. The summed E-state index contributed by atoms with van der Waals surface area (Å²) in [5.41, 5.74) is 0.195. The Morgan fingerprint density at radius 1 is 1.53 bits per heavy atom. The van der Waals surface area contributed by atoms with Crippen LogP contribution in [-0.2, 0) is 6.42 Å². The third-order valence-corrected chi connectivity index (χ3v) is 2.99. The summed E-state index contributed by atoms with van der Waals surface area (Å²) >= 11 is 0. The molecule has 0 amide bonds. The van der Waals surface area contributed by atoms with Crippen LogP contribution in [0.1, 0.15) is 12.5 Å². The molecule has 1 aliphatic heterocycles. The van der Waals surface area contributed by atoms with Gasteiger partial charge in [0, 0.05) is 6.42 Å². The monoisotopic (exact) mass is 203 g/mol. The number of aliphatic hydroxyl groups is 1. The van der Waals surface area contributed by atoms with Gasteiger partial charge < -0.3 is 9.84 Å². The highest BCUT2D eigenvalue weighted by atomic mass is 16.5. The predicted octanol–water partition coefficient (Wildman–Crippen LogP) is 1.51. The van der Waals surface area contributed by atoms with Crippen LogP contribution in [0.3, 0.4) is 0 Å². The van der Waals surface area contributed by atoms with Gasteiger partial charge in [-0.25, -0.2) is 0 Å². The van der Waals surface area contributed by atoms with E-state index in [0.717, 1.165) is 11.3 Å². The van der Waals surface area contributed by atoms with Gasteiger partial charge in [-0.15, -0.1) is 0 Å². The van der Waals surface area contributed by atoms with E-state index in [9.17, 15) is 5.11 Å². The van der Waals surface area contributed by atoms with Gasteiger partial charge in [0.15, 0.2) is 0 Å². The van der Waals surface area contributed by atoms with Crippen molar-refractivity contribution in [2.24, 2.45) is 5.41 Å². The smallest absolute Gasteiger partial charge is 0.122 e. The number of hydrogen-bond donors (Lipinski definition) is 1. The van der Waals surface area contributed by atoms with Crippen LogP contribution in [0.15, 0.2) is 24.3 Å². The molecule has 1 aliphatic rings. The number of hydrogen-bond acceptors (Lipinski definition) is 3. The highest BCUT2D eigenvalue weighted by molar-refractivity contribution is 5.37. The second-order valence-electron chi connectivity index (χ2n) is 4.02. The van der Waals surface area contributed by atoms with Gasteiger partial charge in [0.2, 0.25) is 0 Å². The molecule has 3 heteroatoms. The van der Waals surface area contributed by atoms with Crippen LogP contribution >= 0.6 is 0 Å². The van der Waals surface area contributed by atoms with Crippen LogP contribution in [-0.4, -0.2) is 17.8 Å². The van der Waals surface area contributed by atoms with E-state index in [0.29, 0.717) is 6.42 Å². The lowest BCUT2D eigenvalue weighted by molar-refractivity contribution is 0.0309. The molecule has 15 heavy (non-hydrogen) atoms. The largest absolute Gasteiger partial charge is 0.492 e. The fourth-order valence-corrected chi connectivity index (χ4v) is 1.82. The second kappa shape index (κ2) is 3.56. The van der Waals surface area contributed by atoms with Crippen molar-refractivity contribution in [3.63, 3.8) is 0 Å². The highest BCUT2D eigenvalue weighted by Crippen LogP contribution is 2.36. The number of nitriles is 1. The lowest BCUT2D eigenvalue weighted by atomic mass is 9.77. The van der Waals surface area contributed by atoms with E-state index >= 15 is 0 Å². The van der Waals surface area contributed by atoms with E-state index in [-0.39, 0.29) is 6.61 Å². The summed E-state index contributed by atoms with van der Waals surface area (Å²) < 4.78 is 5.51. The van der Waals surface area contributed by atoms with Crippen LogP contribution in [0.2, 0.25) is 0 Å². The molecule has 0 aliphatic carbocycles. The van der Waals surface area contributed by atoms with Crippen molar-refractivity contribution in [2.45, 2.75) is 19.4 Å². The van der Waals surface area contributed by atoms with E-state index in [1.54, 1.807) is 6.92 Å². The average molecular weight is 203 g/mol. The fourth-order valence-electron chi connectivity index (χ4n) is 1.82. The third kappa shape index (κ3) is 1.57. The molecular formula is C12H13NO2. The molecule has 1 N–H and O–H groups in total. The molecule has 0 radical (unpaired) electrons. The Bertz CT molecular complexity index is 408. The number of nitrogens with zero attached hydrogens (tertiary/aromatic N) is 1. The van der Waals surface area contributed by atoms with Crippen molar-refractivity contribution in [3.05, 3.63) is 29.8 Å². The van der Waals surface area contributed by atoms with Gasteiger partial charge in [0.1, 0.15) is 17.8 Å². The van der Waals surface area contributed by atoms with Crippen molar-refractivity contribution in [3.8, 4) is 11.8 Å². The average Bonchev–Trinajstić information content (AvgIpc) is 2.28. The zero-order chi connectivity index (χ0) is 10.9. The van der Waals surface area contributed by atoms with E-state index in [2.05, 4.69) is 6.07 Å². The normalized spacial score (nSPS) is 25.9. The zero-order valence-electron chi connectivity index (χ0n) is 8.60. The predicted molar refractivity (Wildman–Crippen MR) is 55.4 cm³/mol. The van der Waals surface area contributed by atoms with Crippen molar-refractivity contribution in [1.82, 2.24) is 0 Å². The quantitative estimate of drug-likeness (QED) is 0.752. The Labute approximate surface area is 88.9 Å². The van der Waals surface area contributed by atoms with Crippen molar-refractivity contribution >= 4 is 0 Å². The van der Waals surface area contributed by atoms with Crippen molar-refractivity contribution in [2.75, 3.05) is 6.61 Å². The summed E-state index contributed by atoms with van der Waals surface area (Å²) in [6.07, 6.45) is -0.131. The molecule has 1 aromatic rings. The van der Waals surface area contributed by atoms with Crippen LogP contribution in [0.25, 0.3) is 0 Å². The van der Waals surface area contributed by atoms with Gasteiger partial charge in [-0.1, -0.05) is 18.2 Å². The number of rotatable bonds is 1. The summed E-state index contributed by atoms with van der Waals surface area (Å²) in [5, 5.41) is 18.8. The number of fused-ring (bicyclic) bond motifs is 1. The van der Waals surface area contributed by atoms with Gasteiger partial charge in [0.25, 0.3) is 0 Å². The molecule has 0 aromatic heterocycles. The van der Waals surface area contributed by atoms with Gasteiger partial charge in [-0.3, -0.25) is 0 Å². The van der Waals surface area contributed by atoms with E-state index in [1.807, 2.05) is 24.3 Å². The molecular weight excluding hydrogens is 190 g/mol. The first-order valence-corrected chi connectivity index (χ1v) is 4.98. The maximum absolute atomic E-state index is 9.65. The van der Waals surface area contributed by atoms with Gasteiger partial charge in [-0.2, -0.15) is 5.26 Å². The third-order valence-electron chi connectivity index (χ3n) is 2.99. The Kier molecular flexibility index (Phi) is 2.37. The molecule has 0 bridgehead atoms.